The molecule has 4 rings (SSSR count). The van der Waals surface area contributed by atoms with Gasteiger partial charge < -0.3 is 14.8 Å². The van der Waals surface area contributed by atoms with Crippen LogP contribution < -0.4 is 14.8 Å². The molecule has 0 unspecified atom stereocenters. The standard InChI is InChI=1S/C22H23N3O5S/c1-29-17-8-9-21(30-2)18(12-17)23-22(26)19-13-20(15-6-4-3-5-7-15)25(24-19)16-10-11-31(27,28)14-16/h3-9,12-13,16H,10-11,14H2,1-2H3,(H,23,26)/t16-/m0/s1. The first kappa shape index (κ1) is 20.9. The summed E-state index contributed by atoms with van der Waals surface area (Å²) in [7, 11) is -0.0579. The van der Waals surface area contributed by atoms with E-state index >= 15 is 0 Å². The highest BCUT2D eigenvalue weighted by atomic mass is 32.2. The molecular weight excluding hydrogens is 418 g/mol. The molecule has 0 bridgehead atoms. The van der Waals surface area contributed by atoms with Crippen molar-refractivity contribution in [3.63, 3.8) is 0 Å². The molecule has 8 nitrogen and oxygen atoms in total. The number of rotatable bonds is 6. The van der Waals surface area contributed by atoms with Gasteiger partial charge in [0, 0.05) is 6.07 Å². The summed E-state index contributed by atoms with van der Waals surface area (Å²) in [4.78, 5) is 13.0. The Kier molecular flexibility index (Phi) is 5.69. The zero-order chi connectivity index (χ0) is 22.0. The number of carbonyl (C=O) groups excluding carboxylic acids is 1. The Morgan fingerprint density at radius 1 is 1.10 bits per heavy atom. The first-order chi connectivity index (χ1) is 14.9. The van der Waals surface area contributed by atoms with Gasteiger partial charge in [0.25, 0.3) is 5.91 Å². The number of methoxy groups -OCH3 is 2. The maximum atomic E-state index is 13.0. The van der Waals surface area contributed by atoms with Crippen molar-refractivity contribution in [2.75, 3.05) is 31.0 Å². The third-order valence-electron chi connectivity index (χ3n) is 5.25. The Morgan fingerprint density at radius 2 is 1.87 bits per heavy atom. The van der Waals surface area contributed by atoms with Gasteiger partial charge in [0.2, 0.25) is 0 Å². The molecule has 1 saturated heterocycles. The molecular formula is C22H23N3O5S. The maximum Gasteiger partial charge on any atom is 0.276 e. The molecule has 0 saturated carbocycles. The van der Waals surface area contributed by atoms with E-state index in [9.17, 15) is 13.2 Å². The fourth-order valence-corrected chi connectivity index (χ4v) is 5.37. The maximum absolute atomic E-state index is 13.0. The molecule has 1 N–H and O–H groups in total. The van der Waals surface area contributed by atoms with Crippen LogP contribution in [0.2, 0.25) is 0 Å². The third kappa shape index (κ3) is 4.41. The number of nitrogens with one attached hydrogen (secondary N) is 1. The van der Waals surface area contributed by atoms with Gasteiger partial charge in [0.1, 0.15) is 11.5 Å². The summed E-state index contributed by atoms with van der Waals surface area (Å²) in [6, 6.07) is 16.0. The van der Waals surface area contributed by atoms with E-state index in [-0.39, 0.29) is 23.2 Å². The van der Waals surface area contributed by atoms with E-state index < -0.39 is 15.7 Å². The highest BCUT2D eigenvalue weighted by molar-refractivity contribution is 7.91. The van der Waals surface area contributed by atoms with E-state index in [2.05, 4.69) is 10.4 Å². The monoisotopic (exact) mass is 441 g/mol. The Bertz CT molecular complexity index is 1210. The lowest BCUT2D eigenvalue weighted by atomic mass is 10.1. The number of hydrogen-bond acceptors (Lipinski definition) is 6. The van der Waals surface area contributed by atoms with E-state index in [1.54, 1.807) is 28.9 Å². The van der Waals surface area contributed by atoms with Gasteiger partial charge >= 0.3 is 0 Å². The number of sulfone groups is 1. The molecule has 2 aromatic carbocycles. The van der Waals surface area contributed by atoms with Crippen LogP contribution in [0.3, 0.4) is 0 Å². The topological polar surface area (TPSA) is 99.5 Å². The van der Waals surface area contributed by atoms with Crippen LogP contribution in [-0.4, -0.2) is 49.8 Å². The van der Waals surface area contributed by atoms with Gasteiger partial charge in [-0.05, 0) is 30.2 Å². The second-order valence-electron chi connectivity index (χ2n) is 7.30. The number of anilines is 1. The summed E-state index contributed by atoms with van der Waals surface area (Å²) in [5.41, 5.74) is 2.20. The molecule has 0 radical (unpaired) electrons. The van der Waals surface area contributed by atoms with Gasteiger partial charge in [-0.15, -0.1) is 0 Å². The minimum atomic E-state index is -3.11. The molecule has 1 aliphatic heterocycles. The van der Waals surface area contributed by atoms with Crippen LogP contribution in [0, 0.1) is 0 Å². The molecule has 1 amide bonds. The molecule has 162 valence electrons. The number of benzene rings is 2. The second-order valence-corrected chi connectivity index (χ2v) is 9.53. The SMILES string of the molecule is COc1ccc(OC)c(NC(=O)c2cc(-c3ccccc3)n([C@H]3CCS(=O)(=O)C3)n2)c1. The lowest BCUT2D eigenvalue weighted by molar-refractivity contribution is 0.102. The Hall–Kier alpha value is -3.33. The number of carbonyl (C=O) groups is 1. The summed E-state index contributed by atoms with van der Waals surface area (Å²) >= 11 is 0. The molecule has 31 heavy (non-hydrogen) atoms. The highest BCUT2D eigenvalue weighted by Crippen LogP contribution is 2.32. The predicted molar refractivity (Wildman–Crippen MR) is 117 cm³/mol. The number of nitrogens with zero attached hydrogens (tertiary/aromatic N) is 2. The number of aromatic nitrogens is 2. The second kappa shape index (κ2) is 8.43. The van der Waals surface area contributed by atoms with Crippen LogP contribution in [0.5, 0.6) is 11.5 Å². The number of hydrogen-bond donors (Lipinski definition) is 1. The van der Waals surface area contributed by atoms with E-state index in [0.29, 0.717) is 29.3 Å². The van der Waals surface area contributed by atoms with Gasteiger partial charge in [-0.1, -0.05) is 30.3 Å². The van der Waals surface area contributed by atoms with Crippen molar-refractivity contribution in [3.8, 4) is 22.8 Å². The quantitative estimate of drug-likeness (QED) is 0.631. The van der Waals surface area contributed by atoms with E-state index in [4.69, 9.17) is 9.47 Å². The zero-order valence-corrected chi connectivity index (χ0v) is 18.1. The summed E-state index contributed by atoms with van der Waals surface area (Å²) in [6.45, 7) is 0. The van der Waals surface area contributed by atoms with Crippen molar-refractivity contribution in [2.45, 2.75) is 12.5 Å². The first-order valence-electron chi connectivity index (χ1n) is 9.79. The molecule has 3 aromatic rings. The number of ether oxygens (including phenoxy) is 2. The molecule has 0 spiro atoms. The van der Waals surface area contributed by atoms with Gasteiger partial charge in [0.15, 0.2) is 15.5 Å². The first-order valence-corrected chi connectivity index (χ1v) is 11.6. The van der Waals surface area contributed by atoms with E-state index in [1.807, 2.05) is 30.3 Å². The highest BCUT2D eigenvalue weighted by Gasteiger charge is 2.32. The average Bonchev–Trinajstić information content (AvgIpc) is 3.37. The van der Waals surface area contributed by atoms with Gasteiger partial charge in [0.05, 0.1) is 43.1 Å². The third-order valence-corrected chi connectivity index (χ3v) is 7.00. The lowest BCUT2D eigenvalue weighted by Gasteiger charge is -2.13. The summed E-state index contributed by atoms with van der Waals surface area (Å²) in [5.74, 6) is 0.762. The smallest absolute Gasteiger partial charge is 0.276 e. The molecule has 0 aliphatic carbocycles. The fourth-order valence-electron chi connectivity index (χ4n) is 3.67. The fraction of sp³-hybridized carbons (Fsp3) is 0.273. The van der Waals surface area contributed by atoms with Crippen LogP contribution in [0.25, 0.3) is 11.3 Å². The van der Waals surface area contributed by atoms with Crippen LogP contribution in [0.4, 0.5) is 5.69 Å². The summed E-state index contributed by atoms with van der Waals surface area (Å²) < 4.78 is 36.3. The van der Waals surface area contributed by atoms with Crippen LogP contribution >= 0.6 is 0 Å². The van der Waals surface area contributed by atoms with Gasteiger partial charge in [-0.25, -0.2) is 8.42 Å². The average molecular weight is 442 g/mol. The minimum absolute atomic E-state index is 0.0132. The molecule has 1 aliphatic rings. The normalized spacial score (nSPS) is 17.3. The molecule has 1 atom stereocenters. The van der Waals surface area contributed by atoms with Crippen LogP contribution in [0.15, 0.2) is 54.6 Å². The van der Waals surface area contributed by atoms with Crippen LogP contribution in [0.1, 0.15) is 23.0 Å². The summed E-state index contributed by atoms with van der Waals surface area (Å²) in [5, 5.41) is 7.31. The largest absolute Gasteiger partial charge is 0.497 e. The minimum Gasteiger partial charge on any atom is -0.497 e. The predicted octanol–water partition coefficient (Wildman–Crippen LogP) is 3.18. The van der Waals surface area contributed by atoms with Crippen LogP contribution in [-0.2, 0) is 9.84 Å². The molecule has 1 aromatic heterocycles. The Labute approximate surface area is 180 Å². The van der Waals surface area contributed by atoms with Crippen molar-refractivity contribution in [2.24, 2.45) is 0 Å². The van der Waals surface area contributed by atoms with Crippen molar-refractivity contribution in [1.82, 2.24) is 9.78 Å². The lowest BCUT2D eigenvalue weighted by Crippen LogP contribution is -2.17. The van der Waals surface area contributed by atoms with E-state index in [1.165, 1.54) is 14.2 Å². The van der Waals surface area contributed by atoms with Crippen molar-refractivity contribution in [1.29, 1.82) is 0 Å². The zero-order valence-electron chi connectivity index (χ0n) is 17.2. The molecule has 2 heterocycles. The molecule has 1 fully saturated rings. The Balaban J connectivity index is 1.70. The van der Waals surface area contributed by atoms with Crippen molar-refractivity contribution >= 4 is 21.4 Å². The van der Waals surface area contributed by atoms with Crippen molar-refractivity contribution < 1.29 is 22.7 Å². The Morgan fingerprint density at radius 3 is 2.52 bits per heavy atom. The van der Waals surface area contributed by atoms with Gasteiger partial charge in [-0.3, -0.25) is 9.48 Å². The molecule has 9 heteroatoms. The van der Waals surface area contributed by atoms with Crippen molar-refractivity contribution in [3.05, 3.63) is 60.3 Å². The van der Waals surface area contributed by atoms with E-state index in [0.717, 1.165) is 5.56 Å². The summed E-state index contributed by atoms with van der Waals surface area (Å²) in [6.07, 6.45) is 0.467. The number of amides is 1. The van der Waals surface area contributed by atoms with Gasteiger partial charge in [-0.2, -0.15) is 5.10 Å².